The number of halogens is 1. The van der Waals surface area contributed by atoms with Gasteiger partial charge < -0.3 is 14.2 Å². The maximum absolute atomic E-state index is 12.1. The third-order valence-electron chi connectivity index (χ3n) is 3.89. The van der Waals surface area contributed by atoms with E-state index in [0.29, 0.717) is 22.6 Å². The smallest absolute Gasteiger partial charge is 0.343 e. The predicted octanol–water partition coefficient (Wildman–Crippen LogP) is 3.08. The molecule has 2 aromatic carbocycles. The van der Waals surface area contributed by atoms with Gasteiger partial charge in [0.1, 0.15) is 17.0 Å². The minimum atomic E-state index is -0.505. The number of hydrazone groups is 1. The van der Waals surface area contributed by atoms with Gasteiger partial charge in [-0.3, -0.25) is 9.78 Å². The average Bonchev–Trinajstić information content (AvgIpc) is 2.76. The van der Waals surface area contributed by atoms with Crippen LogP contribution in [0.2, 0.25) is 0 Å². The summed E-state index contributed by atoms with van der Waals surface area (Å²) < 4.78 is 16.3. The fourth-order valence-electron chi connectivity index (χ4n) is 2.49. The number of para-hydroxylation sites is 1. The number of esters is 1. The van der Waals surface area contributed by atoms with Crippen molar-refractivity contribution in [1.82, 2.24) is 10.4 Å². The molecule has 0 aliphatic heterocycles. The van der Waals surface area contributed by atoms with Gasteiger partial charge in [0.05, 0.1) is 13.3 Å². The highest BCUT2D eigenvalue weighted by Crippen LogP contribution is 2.23. The van der Waals surface area contributed by atoms with E-state index in [4.69, 9.17) is 9.47 Å². The molecule has 30 heavy (non-hydrogen) atoms. The Balaban J connectivity index is 1.59. The summed E-state index contributed by atoms with van der Waals surface area (Å²) in [5.41, 5.74) is 3.64. The molecule has 0 saturated carbocycles. The number of pyridine rings is 1. The minimum Gasteiger partial charge on any atom is -0.481 e. The molecule has 0 saturated heterocycles. The Morgan fingerprint density at radius 3 is 2.73 bits per heavy atom. The number of benzene rings is 2. The molecule has 3 aromatic rings. The third-order valence-corrected chi connectivity index (χ3v) is 4.39. The monoisotopic (exact) mass is 471 g/mol. The second-order valence-corrected chi connectivity index (χ2v) is 6.88. The second-order valence-electron chi connectivity index (χ2n) is 5.96. The van der Waals surface area contributed by atoms with Gasteiger partial charge in [0.25, 0.3) is 5.91 Å². The number of hydrogen-bond donors (Lipinski definition) is 1. The maximum Gasteiger partial charge on any atom is 0.343 e. The van der Waals surface area contributed by atoms with Crippen LogP contribution in [0.1, 0.15) is 5.56 Å². The molecular weight excluding hydrogens is 454 g/mol. The van der Waals surface area contributed by atoms with Crippen molar-refractivity contribution in [2.24, 2.45) is 5.10 Å². The van der Waals surface area contributed by atoms with Crippen molar-refractivity contribution >= 4 is 44.9 Å². The lowest BCUT2D eigenvalue weighted by Crippen LogP contribution is -2.24. The van der Waals surface area contributed by atoms with Crippen molar-refractivity contribution in [3.63, 3.8) is 0 Å². The van der Waals surface area contributed by atoms with Crippen LogP contribution in [-0.2, 0) is 14.3 Å². The van der Waals surface area contributed by atoms with Crippen LogP contribution < -0.4 is 14.9 Å². The first-order chi connectivity index (χ1) is 14.6. The number of fused-ring (bicyclic) bond motifs is 1. The number of carbonyl (C=O) groups excluding carboxylic acids is 2. The zero-order chi connectivity index (χ0) is 21.3. The first kappa shape index (κ1) is 21.3. The lowest BCUT2D eigenvalue weighted by atomic mass is 10.2. The SMILES string of the molecule is COC(=O)COc1ccc(Br)cc1/C=N/NC(=O)COc1cccc2cccnc12. The summed E-state index contributed by atoms with van der Waals surface area (Å²) >= 11 is 3.36. The van der Waals surface area contributed by atoms with Gasteiger partial charge >= 0.3 is 5.97 Å². The van der Waals surface area contributed by atoms with E-state index >= 15 is 0 Å². The van der Waals surface area contributed by atoms with Crippen LogP contribution in [0.25, 0.3) is 10.9 Å². The summed E-state index contributed by atoms with van der Waals surface area (Å²) in [5, 5.41) is 4.85. The Kier molecular flexibility index (Phi) is 7.34. The quantitative estimate of drug-likeness (QED) is 0.308. The van der Waals surface area contributed by atoms with Crippen LogP contribution in [-0.4, -0.2) is 43.4 Å². The fourth-order valence-corrected chi connectivity index (χ4v) is 2.87. The Morgan fingerprint density at radius 1 is 1.10 bits per heavy atom. The van der Waals surface area contributed by atoms with E-state index in [1.807, 2.05) is 24.3 Å². The summed E-state index contributed by atoms with van der Waals surface area (Å²) in [5.74, 6) is -0.0159. The van der Waals surface area contributed by atoms with E-state index in [2.05, 4.69) is 36.2 Å². The van der Waals surface area contributed by atoms with Gasteiger partial charge in [-0.1, -0.05) is 34.1 Å². The summed E-state index contributed by atoms with van der Waals surface area (Å²) in [4.78, 5) is 27.6. The number of ether oxygens (including phenoxy) is 3. The molecule has 3 rings (SSSR count). The van der Waals surface area contributed by atoms with Crippen LogP contribution in [0.15, 0.2) is 64.3 Å². The lowest BCUT2D eigenvalue weighted by Gasteiger charge is -2.09. The molecule has 9 heteroatoms. The minimum absolute atomic E-state index is 0.225. The van der Waals surface area contributed by atoms with Gasteiger partial charge in [-0.2, -0.15) is 5.10 Å². The summed E-state index contributed by atoms with van der Waals surface area (Å²) in [6, 6.07) is 14.4. The number of nitrogens with one attached hydrogen (secondary N) is 1. The topological polar surface area (TPSA) is 99.1 Å². The van der Waals surface area contributed by atoms with Crippen molar-refractivity contribution in [3.8, 4) is 11.5 Å². The molecule has 0 bridgehead atoms. The molecular formula is C21H18BrN3O5. The number of nitrogens with zero attached hydrogens (tertiary/aromatic N) is 2. The fraction of sp³-hybridized carbons (Fsp3) is 0.143. The second kappa shape index (κ2) is 10.4. The van der Waals surface area contributed by atoms with E-state index in [1.165, 1.54) is 13.3 Å². The number of aromatic nitrogens is 1. The summed E-state index contributed by atoms with van der Waals surface area (Å²) in [6.07, 6.45) is 3.08. The average molecular weight is 472 g/mol. The van der Waals surface area contributed by atoms with Crippen LogP contribution >= 0.6 is 15.9 Å². The first-order valence-corrected chi connectivity index (χ1v) is 9.63. The van der Waals surface area contributed by atoms with Crippen LogP contribution in [0.5, 0.6) is 11.5 Å². The van der Waals surface area contributed by atoms with Gasteiger partial charge in [-0.15, -0.1) is 0 Å². The van der Waals surface area contributed by atoms with Crippen molar-refractivity contribution in [2.75, 3.05) is 20.3 Å². The molecule has 0 spiro atoms. The zero-order valence-corrected chi connectivity index (χ0v) is 17.6. The first-order valence-electron chi connectivity index (χ1n) is 8.84. The van der Waals surface area contributed by atoms with Crippen LogP contribution in [0, 0.1) is 0 Å². The molecule has 154 valence electrons. The van der Waals surface area contributed by atoms with Crippen LogP contribution in [0.3, 0.4) is 0 Å². The zero-order valence-electron chi connectivity index (χ0n) is 16.0. The molecule has 8 nitrogen and oxygen atoms in total. The Hall–Kier alpha value is -3.46. The number of carbonyl (C=O) groups is 2. The molecule has 1 N–H and O–H groups in total. The highest BCUT2D eigenvalue weighted by atomic mass is 79.9. The number of hydrogen-bond acceptors (Lipinski definition) is 7. The molecule has 0 unspecified atom stereocenters. The van der Waals surface area contributed by atoms with Gasteiger partial charge in [0, 0.05) is 21.6 Å². The molecule has 0 aliphatic carbocycles. The summed E-state index contributed by atoms with van der Waals surface area (Å²) in [6.45, 7) is -0.463. The number of amides is 1. The molecule has 1 aromatic heterocycles. The van der Waals surface area contributed by atoms with Crippen molar-refractivity contribution in [2.45, 2.75) is 0 Å². The van der Waals surface area contributed by atoms with Gasteiger partial charge in [-0.05, 0) is 30.3 Å². The summed E-state index contributed by atoms with van der Waals surface area (Å²) in [7, 11) is 1.28. The van der Waals surface area contributed by atoms with Crippen LogP contribution in [0.4, 0.5) is 0 Å². The van der Waals surface area contributed by atoms with E-state index in [1.54, 1.807) is 30.5 Å². The molecule has 0 radical (unpaired) electrons. The van der Waals surface area contributed by atoms with E-state index in [0.717, 1.165) is 9.86 Å². The largest absolute Gasteiger partial charge is 0.481 e. The lowest BCUT2D eigenvalue weighted by molar-refractivity contribution is -0.142. The molecule has 0 fully saturated rings. The highest BCUT2D eigenvalue weighted by Gasteiger charge is 2.08. The van der Waals surface area contributed by atoms with Gasteiger partial charge in [-0.25, -0.2) is 10.2 Å². The van der Waals surface area contributed by atoms with Gasteiger partial charge in [0.2, 0.25) is 0 Å². The highest BCUT2D eigenvalue weighted by molar-refractivity contribution is 9.10. The van der Waals surface area contributed by atoms with Gasteiger partial charge in [0.15, 0.2) is 13.2 Å². The van der Waals surface area contributed by atoms with Crippen molar-refractivity contribution < 1.29 is 23.8 Å². The predicted molar refractivity (Wildman–Crippen MR) is 115 cm³/mol. The standard InChI is InChI=1S/C21H18BrN3O5/c1-28-20(27)13-30-17-8-7-16(22)10-15(17)11-24-25-19(26)12-29-18-6-2-4-14-5-3-9-23-21(14)18/h2-11H,12-13H2,1H3,(H,25,26)/b24-11+. The number of rotatable bonds is 8. The Morgan fingerprint density at radius 2 is 1.90 bits per heavy atom. The Labute approximate surface area is 181 Å². The van der Waals surface area contributed by atoms with E-state index < -0.39 is 11.9 Å². The van der Waals surface area contributed by atoms with E-state index in [-0.39, 0.29) is 13.2 Å². The van der Waals surface area contributed by atoms with Crippen molar-refractivity contribution in [1.29, 1.82) is 0 Å². The third kappa shape index (κ3) is 5.77. The molecule has 1 heterocycles. The molecule has 0 atom stereocenters. The Bertz CT molecular complexity index is 1080. The molecule has 0 aliphatic rings. The number of methoxy groups -OCH3 is 1. The van der Waals surface area contributed by atoms with Crippen molar-refractivity contribution in [3.05, 3.63) is 64.8 Å². The maximum atomic E-state index is 12.1. The normalized spacial score (nSPS) is 10.7. The molecule has 1 amide bonds. The van der Waals surface area contributed by atoms with E-state index in [9.17, 15) is 9.59 Å².